The molecule has 1 aromatic heterocycles. The Hall–Kier alpha value is -1.95. The lowest BCUT2D eigenvalue weighted by Crippen LogP contribution is -2.22. The molecule has 0 saturated heterocycles. The summed E-state index contributed by atoms with van der Waals surface area (Å²) in [5.74, 6) is 1.57. The molecule has 0 aliphatic heterocycles. The van der Waals surface area contributed by atoms with E-state index in [2.05, 4.69) is 73.3 Å². The number of benzene rings is 2. The number of ether oxygens (including phenoxy) is 1. The molecule has 6 heteroatoms. The van der Waals surface area contributed by atoms with Crippen molar-refractivity contribution in [3.05, 3.63) is 58.7 Å². The molecule has 1 heterocycles. The van der Waals surface area contributed by atoms with Crippen LogP contribution in [-0.2, 0) is 6.42 Å². The third-order valence-corrected chi connectivity index (χ3v) is 5.51. The molecule has 0 aliphatic carbocycles. The van der Waals surface area contributed by atoms with Gasteiger partial charge >= 0.3 is 0 Å². The van der Waals surface area contributed by atoms with E-state index >= 15 is 0 Å². The molecule has 4 nitrogen and oxygen atoms in total. The average Bonchev–Trinajstić information content (AvgIpc) is 3.12. The van der Waals surface area contributed by atoms with Crippen LogP contribution in [0.15, 0.2) is 36.4 Å². The Bertz CT molecular complexity index is 924. The SMILES string of the molecule is CCCN(C)CCc1cc(C)c(Oc2nc(-c3ccc(C)cc3)ns2)cc1C.Cl. The summed E-state index contributed by atoms with van der Waals surface area (Å²) in [6, 6.07) is 12.6. The van der Waals surface area contributed by atoms with Crippen molar-refractivity contribution in [1.29, 1.82) is 0 Å². The third-order valence-electron chi connectivity index (χ3n) is 4.92. The van der Waals surface area contributed by atoms with Gasteiger partial charge in [0.1, 0.15) is 5.75 Å². The van der Waals surface area contributed by atoms with Crippen molar-refractivity contribution in [3.63, 3.8) is 0 Å². The average molecular weight is 432 g/mol. The van der Waals surface area contributed by atoms with Crippen LogP contribution in [0.25, 0.3) is 11.4 Å². The predicted octanol–water partition coefficient (Wildman–Crippen LogP) is 6.23. The maximum absolute atomic E-state index is 6.07. The van der Waals surface area contributed by atoms with Gasteiger partial charge in [0.2, 0.25) is 0 Å². The molecule has 0 fully saturated rings. The minimum Gasteiger partial charge on any atom is -0.430 e. The molecule has 3 rings (SSSR count). The maximum Gasteiger partial charge on any atom is 0.299 e. The number of hydrogen-bond acceptors (Lipinski definition) is 5. The Kier molecular flexibility index (Phi) is 8.62. The number of halogens is 1. The van der Waals surface area contributed by atoms with Gasteiger partial charge in [-0.1, -0.05) is 42.8 Å². The van der Waals surface area contributed by atoms with Gasteiger partial charge in [-0.25, -0.2) is 0 Å². The molecule has 0 N–H and O–H groups in total. The van der Waals surface area contributed by atoms with E-state index in [4.69, 9.17) is 4.74 Å². The zero-order valence-electron chi connectivity index (χ0n) is 17.9. The number of likely N-dealkylation sites (N-methyl/N-ethyl adjacent to an activating group) is 1. The monoisotopic (exact) mass is 431 g/mol. The highest BCUT2D eigenvalue weighted by molar-refractivity contribution is 7.07. The Balaban J connectivity index is 0.00000300. The van der Waals surface area contributed by atoms with E-state index < -0.39 is 0 Å². The molecule has 29 heavy (non-hydrogen) atoms. The van der Waals surface area contributed by atoms with Crippen LogP contribution in [0.2, 0.25) is 0 Å². The maximum atomic E-state index is 6.07. The number of aryl methyl sites for hydroxylation is 3. The molecule has 0 radical (unpaired) electrons. The van der Waals surface area contributed by atoms with Crippen LogP contribution in [0.1, 0.15) is 35.6 Å². The van der Waals surface area contributed by atoms with E-state index in [-0.39, 0.29) is 12.4 Å². The topological polar surface area (TPSA) is 38.2 Å². The van der Waals surface area contributed by atoms with Gasteiger partial charge in [0.25, 0.3) is 5.19 Å². The normalized spacial score (nSPS) is 10.8. The van der Waals surface area contributed by atoms with E-state index in [1.807, 2.05) is 12.1 Å². The highest BCUT2D eigenvalue weighted by Crippen LogP contribution is 2.31. The molecular formula is C23H30ClN3OS. The molecular weight excluding hydrogens is 402 g/mol. The van der Waals surface area contributed by atoms with Crippen LogP contribution >= 0.6 is 23.9 Å². The minimum absolute atomic E-state index is 0. The van der Waals surface area contributed by atoms with Crippen LogP contribution in [-0.4, -0.2) is 34.4 Å². The van der Waals surface area contributed by atoms with Gasteiger partial charge in [0, 0.05) is 23.6 Å². The Morgan fingerprint density at radius 2 is 1.72 bits per heavy atom. The van der Waals surface area contributed by atoms with Gasteiger partial charge in [-0.15, -0.1) is 12.4 Å². The fraction of sp³-hybridized carbons (Fsp3) is 0.391. The van der Waals surface area contributed by atoms with Gasteiger partial charge in [0.15, 0.2) is 5.82 Å². The second kappa shape index (κ2) is 10.7. The quantitative estimate of drug-likeness (QED) is 0.423. The molecule has 0 amide bonds. The van der Waals surface area contributed by atoms with E-state index in [9.17, 15) is 0 Å². The van der Waals surface area contributed by atoms with E-state index in [1.165, 1.54) is 34.6 Å². The second-order valence-corrected chi connectivity index (χ2v) is 8.16. The van der Waals surface area contributed by atoms with E-state index in [1.54, 1.807) is 0 Å². The highest BCUT2D eigenvalue weighted by atomic mass is 35.5. The zero-order valence-corrected chi connectivity index (χ0v) is 19.5. The molecule has 156 valence electrons. The summed E-state index contributed by atoms with van der Waals surface area (Å²) in [6.45, 7) is 10.7. The molecule has 0 aliphatic rings. The lowest BCUT2D eigenvalue weighted by molar-refractivity contribution is 0.339. The van der Waals surface area contributed by atoms with Gasteiger partial charge in [-0.05, 0) is 70.0 Å². The molecule has 0 spiro atoms. The molecule has 0 saturated carbocycles. The smallest absolute Gasteiger partial charge is 0.299 e. The molecule has 3 aromatic rings. The zero-order chi connectivity index (χ0) is 20.1. The van der Waals surface area contributed by atoms with Crippen molar-refractivity contribution in [2.45, 2.75) is 40.5 Å². The first-order valence-electron chi connectivity index (χ1n) is 9.83. The van der Waals surface area contributed by atoms with E-state index in [0.717, 1.165) is 36.4 Å². The first-order chi connectivity index (χ1) is 13.5. The Morgan fingerprint density at radius 3 is 2.41 bits per heavy atom. The van der Waals surface area contributed by atoms with Crippen molar-refractivity contribution in [2.24, 2.45) is 0 Å². The standard InChI is InChI=1S/C23H29N3OS.ClH/c1-6-12-26(5)13-11-20-14-18(4)21(15-17(20)3)27-23-24-22(25-28-23)19-9-7-16(2)8-10-19;/h7-10,14-15H,6,11-13H2,1-5H3;1H. The van der Waals surface area contributed by atoms with Gasteiger partial charge in [-0.3, -0.25) is 0 Å². The largest absolute Gasteiger partial charge is 0.430 e. The number of hydrogen-bond donors (Lipinski definition) is 0. The lowest BCUT2D eigenvalue weighted by atomic mass is 10.0. The summed E-state index contributed by atoms with van der Waals surface area (Å²) >= 11 is 1.29. The van der Waals surface area contributed by atoms with Crippen LogP contribution in [0.3, 0.4) is 0 Å². The Morgan fingerprint density at radius 1 is 1.00 bits per heavy atom. The molecule has 2 aromatic carbocycles. The predicted molar refractivity (Wildman–Crippen MR) is 125 cm³/mol. The fourth-order valence-electron chi connectivity index (χ4n) is 3.20. The summed E-state index contributed by atoms with van der Waals surface area (Å²) in [6.07, 6.45) is 2.24. The van der Waals surface area contributed by atoms with Gasteiger partial charge in [0.05, 0.1) is 0 Å². The van der Waals surface area contributed by atoms with E-state index in [0.29, 0.717) is 11.0 Å². The van der Waals surface area contributed by atoms with Crippen molar-refractivity contribution in [2.75, 3.05) is 20.1 Å². The number of rotatable bonds is 8. The van der Waals surface area contributed by atoms with Crippen molar-refractivity contribution < 1.29 is 4.74 Å². The first-order valence-corrected chi connectivity index (χ1v) is 10.6. The Labute approximate surface area is 184 Å². The van der Waals surface area contributed by atoms with Gasteiger partial charge < -0.3 is 9.64 Å². The van der Waals surface area contributed by atoms with Crippen molar-refractivity contribution >= 4 is 23.9 Å². The molecule has 0 atom stereocenters. The third kappa shape index (κ3) is 6.26. The second-order valence-electron chi connectivity index (χ2n) is 7.45. The summed E-state index contributed by atoms with van der Waals surface area (Å²) < 4.78 is 10.5. The summed E-state index contributed by atoms with van der Waals surface area (Å²) in [4.78, 5) is 6.94. The highest BCUT2D eigenvalue weighted by Gasteiger charge is 2.12. The summed E-state index contributed by atoms with van der Waals surface area (Å²) in [7, 11) is 2.18. The van der Waals surface area contributed by atoms with Crippen molar-refractivity contribution in [1.82, 2.24) is 14.3 Å². The summed E-state index contributed by atoms with van der Waals surface area (Å²) in [5, 5.41) is 0.577. The first kappa shape index (κ1) is 23.3. The van der Waals surface area contributed by atoms with Gasteiger partial charge in [-0.2, -0.15) is 9.36 Å². The minimum atomic E-state index is 0. The van der Waals surface area contributed by atoms with Crippen LogP contribution < -0.4 is 4.74 Å². The van der Waals surface area contributed by atoms with Crippen LogP contribution in [0.4, 0.5) is 0 Å². The lowest BCUT2D eigenvalue weighted by Gasteiger charge is -2.17. The van der Waals surface area contributed by atoms with Crippen LogP contribution in [0.5, 0.6) is 10.9 Å². The fourth-order valence-corrected chi connectivity index (χ4v) is 3.76. The number of nitrogens with zero attached hydrogens (tertiary/aromatic N) is 3. The molecule has 0 unspecified atom stereocenters. The number of aromatic nitrogens is 2. The summed E-state index contributed by atoms with van der Waals surface area (Å²) in [5.41, 5.74) is 6.00. The molecule has 0 bridgehead atoms. The van der Waals surface area contributed by atoms with Crippen molar-refractivity contribution in [3.8, 4) is 22.3 Å². The van der Waals surface area contributed by atoms with Crippen LogP contribution in [0, 0.1) is 20.8 Å².